The van der Waals surface area contributed by atoms with Crippen molar-refractivity contribution < 1.29 is 14.7 Å². The highest BCUT2D eigenvalue weighted by atomic mass is 32.1. The van der Waals surface area contributed by atoms with Crippen LogP contribution in [0.4, 0.5) is 16.6 Å². The summed E-state index contributed by atoms with van der Waals surface area (Å²) in [6.07, 6.45) is 6.80. The summed E-state index contributed by atoms with van der Waals surface area (Å²) in [5.41, 5.74) is 7.03. The van der Waals surface area contributed by atoms with Gasteiger partial charge in [-0.15, -0.1) is 0 Å². The number of carbonyl (C=O) groups is 2. The summed E-state index contributed by atoms with van der Waals surface area (Å²) in [4.78, 5) is 37.4. The predicted octanol–water partition coefficient (Wildman–Crippen LogP) is 7.92. The molecule has 3 heterocycles. The highest BCUT2D eigenvalue weighted by molar-refractivity contribution is 7.22. The minimum atomic E-state index is -1.06. The lowest BCUT2D eigenvalue weighted by Crippen LogP contribution is -2.33. The number of hydrogen-bond acceptors (Lipinski definition) is 7. The van der Waals surface area contributed by atoms with Gasteiger partial charge < -0.3 is 15.3 Å². The van der Waals surface area contributed by atoms with Crippen molar-refractivity contribution >= 4 is 50.1 Å². The van der Waals surface area contributed by atoms with E-state index in [4.69, 9.17) is 4.98 Å². The number of anilines is 3. The lowest BCUT2D eigenvalue weighted by molar-refractivity contribution is 0.0691. The van der Waals surface area contributed by atoms with Gasteiger partial charge in [-0.1, -0.05) is 67.0 Å². The second-order valence-electron chi connectivity index (χ2n) is 11.9. The van der Waals surface area contributed by atoms with Crippen LogP contribution >= 0.6 is 11.3 Å². The Hall–Kier alpha value is -4.76. The average molecular weight is 618 g/mol. The summed E-state index contributed by atoms with van der Waals surface area (Å²) >= 11 is 1.45. The monoisotopic (exact) mass is 617 g/mol. The number of thiazole rings is 1. The molecular formula is C36H35N5O3S. The standard InChI is InChI=1S/C36H35N5O3S/c1-22-25(12-8-15-29(22)37-24-10-3-2-4-11-24)26-17-18-32(39-33(26)35(43)44)41-20-19-23-9-7-13-27(28(23)21-41)34(42)40-36-38-30-14-5-6-16-31(30)45-36/h5-9,12-18,24,37H,2-4,10-11,19-21H2,1H3,(H,43,44)(H,38,40,42). The number of aromatic nitrogens is 2. The fraction of sp³-hybridized carbons (Fsp3) is 0.278. The first-order valence-electron chi connectivity index (χ1n) is 15.6. The quantitative estimate of drug-likeness (QED) is 0.170. The number of carboxylic acid groups (broad SMARTS) is 1. The van der Waals surface area contributed by atoms with E-state index in [0.29, 0.717) is 41.2 Å². The molecule has 0 radical (unpaired) electrons. The second-order valence-corrected chi connectivity index (χ2v) is 12.9. The van der Waals surface area contributed by atoms with Gasteiger partial charge in [-0.25, -0.2) is 14.8 Å². The molecular weight excluding hydrogens is 582 g/mol. The van der Waals surface area contributed by atoms with E-state index >= 15 is 0 Å². The maximum atomic E-state index is 13.5. The van der Waals surface area contributed by atoms with Crippen LogP contribution in [0.15, 0.2) is 72.8 Å². The molecule has 1 aliphatic heterocycles. The van der Waals surface area contributed by atoms with Crippen molar-refractivity contribution in [2.45, 2.75) is 58.0 Å². The zero-order valence-corrected chi connectivity index (χ0v) is 26.0. The number of hydrogen-bond donors (Lipinski definition) is 3. The van der Waals surface area contributed by atoms with Crippen LogP contribution < -0.4 is 15.5 Å². The van der Waals surface area contributed by atoms with E-state index in [1.807, 2.05) is 67.6 Å². The summed E-state index contributed by atoms with van der Waals surface area (Å²) < 4.78 is 1.01. The summed E-state index contributed by atoms with van der Waals surface area (Å²) in [5.74, 6) is -0.693. The number of nitrogens with one attached hydrogen (secondary N) is 2. The molecule has 45 heavy (non-hydrogen) atoms. The Morgan fingerprint density at radius 2 is 1.73 bits per heavy atom. The van der Waals surface area contributed by atoms with E-state index in [2.05, 4.69) is 32.7 Å². The molecule has 0 unspecified atom stereocenters. The minimum Gasteiger partial charge on any atom is -0.476 e. The molecule has 2 aliphatic rings. The number of nitrogens with zero attached hydrogens (tertiary/aromatic N) is 3. The van der Waals surface area contributed by atoms with Gasteiger partial charge in [-0.2, -0.15) is 0 Å². The number of aromatic carboxylic acids is 1. The van der Waals surface area contributed by atoms with Crippen molar-refractivity contribution in [1.82, 2.24) is 9.97 Å². The topological polar surface area (TPSA) is 107 Å². The van der Waals surface area contributed by atoms with Gasteiger partial charge in [0.25, 0.3) is 5.91 Å². The Morgan fingerprint density at radius 3 is 2.56 bits per heavy atom. The van der Waals surface area contributed by atoms with Crippen LogP contribution in [0.2, 0.25) is 0 Å². The lowest BCUT2D eigenvalue weighted by atomic mass is 9.93. The molecule has 1 saturated carbocycles. The maximum Gasteiger partial charge on any atom is 0.355 e. The molecule has 3 aromatic carbocycles. The normalized spacial score (nSPS) is 15.1. The summed E-state index contributed by atoms with van der Waals surface area (Å²) in [6.45, 7) is 3.16. The first-order chi connectivity index (χ1) is 21.9. The van der Waals surface area contributed by atoms with Crippen LogP contribution in [-0.4, -0.2) is 39.5 Å². The minimum absolute atomic E-state index is 0.0260. The third-order valence-electron chi connectivity index (χ3n) is 9.03. The molecule has 1 aliphatic carbocycles. The summed E-state index contributed by atoms with van der Waals surface area (Å²) in [5, 5.41) is 17.5. The fourth-order valence-corrected chi connectivity index (χ4v) is 7.50. The second kappa shape index (κ2) is 12.3. The van der Waals surface area contributed by atoms with Crippen molar-refractivity contribution in [1.29, 1.82) is 0 Å². The fourth-order valence-electron chi connectivity index (χ4n) is 6.64. The highest BCUT2D eigenvalue weighted by Gasteiger charge is 2.26. The van der Waals surface area contributed by atoms with E-state index in [9.17, 15) is 14.7 Å². The van der Waals surface area contributed by atoms with Crippen molar-refractivity contribution in [2.75, 3.05) is 22.1 Å². The number of fused-ring (bicyclic) bond motifs is 2. The molecule has 0 bridgehead atoms. The SMILES string of the molecule is Cc1c(NC2CCCCC2)cccc1-c1ccc(N2CCc3cccc(C(=O)Nc4nc5ccccc5s4)c3C2)nc1C(=O)O. The Bertz CT molecular complexity index is 1880. The van der Waals surface area contributed by atoms with Gasteiger partial charge in [0.05, 0.1) is 10.2 Å². The molecule has 0 atom stereocenters. The predicted molar refractivity (Wildman–Crippen MR) is 181 cm³/mol. The van der Waals surface area contributed by atoms with Crippen LogP contribution in [0.25, 0.3) is 21.3 Å². The molecule has 0 spiro atoms. The first-order valence-corrected chi connectivity index (χ1v) is 16.4. The Labute approximate surface area is 266 Å². The molecule has 3 N–H and O–H groups in total. The zero-order valence-electron chi connectivity index (χ0n) is 25.2. The van der Waals surface area contributed by atoms with Crippen LogP contribution in [-0.2, 0) is 13.0 Å². The number of carbonyl (C=O) groups excluding carboxylic acids is 1. The number of pyridine rings is 1. The van der Waals surface area contributed by atoms with Gasteiger partial charge >= 0.3 is 5.97 Å². The van der Waals surface area contributed by atoms with Gasteiger partial charge in [0, 0.05) is 35.9 Å². The number of benzene rings is 3. The molecule has 7 rings (SSSR count). The summed E-state index contributed by atoms with van der Waals surface area (Å²) in [6, 6.07) is 23.9. The number of para-hydroxylation sites is 1. The third-order valence-corrected chi connectivity index (χ3v) is 9.98. The molecule has 1 amide bonds. The Kier molecular flexibility index (Phi) is 7.94. The van der Waals surface area contributed by atoms with E-state index < -0.39 is 5.97 Å². The molecule has 0 saturated heterocycles. The van der Waals surface area contributed by atoms with Crippen LogP contribution in [0.5, 0.6) is 0 Å². The molecule has 1 fully saturated rings. The molecule has 5 aromatic rings. The van der Waals surface area contributed by atoms with Crippen LogP contribution in [0.3, 0.4) is 0 Å². The maximum absolute atomic E-state index is 13.5. The van der Waals surface area contributed by atoms with Gasteiger partial charge in [0.1, 0.15) is 5.82 Å². The van der Waals surface area contributed by atoms with Crippen molar-refractivity contribution in [2.24, 2.45) is 0 Å². The molecule has 228 valence electrons. The van der Waals surface area contributed by atoms with Gasteiger partial charge in [-0.05, 0) is 84.8 Å². The zero-order chi connectivity index (χ0) is 30.9. The van der Waals surface area contributed by atoms with Gasteiger partial charge in [-0.3, -0.25) is 10.1 Å². The van der Waals surface area contributed by atoms with E-state index in [1.54, 1.807) is 0 Å². The Balaban J connectivity index is 1.15. The van der Waals surface area contributed by atoms with Crippen molar-refractivity contribution in [3.8, 4) is 11.1 Å². The van der Waals surface area contributed by atoms with E-state index in [-0.39, 0.29) is 11.6 Å². The molecule has 2 aromatic heterocycles. The third kappa shape index (κ3) is 5.88. The van der Waals surface area contributed by atoms with Crippen molar-refractivity contribution in [3.05, 3.63) is 101 Å². The van der Waals surface area contributed by atoms with Crippen LogP contribution in [0, 0.1) is 6.92 Å². The highest BCUT2D eigenvalue weighted by Crippen LogP contribution is 2.35. The van der Waals surface area contributed by atoms with E-state index in [1.165, 1.54) is 30.6 Å². The average Bonchev–Trinajstić information content (AvgIpc) is 3.48. The molecule has 8 nitrogen and oxygen atoms in total. The lowest BCUT2D eigenvalue weighted by Gasteiger charge is -2.31. The van der Waals surface area contributed by atoms with Crippen molar-refractivity contribution in [3.63, 3.8) is 0 Å². The largest absolute Gasteiger partial charge is 0.476 e. The first kappa shape index (κ1) is 29.0. The number of rotatable bonds is 7. The van der Waals surface area contributed by atoms with Crippen LogP contribution in [0.1, 0.15) is 69.6 Å². The number of carboxylic acids is 1. The van der Waals surface area contributed by atoms with Gasteiger partial charge in [0.15, 0.2) is 10.8 Å². The smallest absolute Gasteiger partial charge is 0.355 e. The van der Waals surface area contributed by atoms with E-state index in [0.717, 1.165) is 57.4 Å². The summed E-state index contributed by atoms with van der Waals surface area (Å²) in [7, 11) is 0. The molecule has 9 heteroatoms. The number of amides is 1. The Morgan fingerprint density at radius 1 is 0.911 bits per heavy atom. The van der Waals surface area contributed by atoms with Gasteiger partial charge in [0.2, 0.25) is 0 Å².